The highest BCUT2D eigenvalue weighted by Crippen LogP contribution is 2.31. The highest BCUT2D eigenvalue weighted by Gasteiger charge is 2.46. The second-order valence-electron chi connectivity index (χ2n) is 5.49. The van der Waals surface area contributed by atoms with Crippen LogP contribution in [0.25, 0.3) is 0 Å². The Balaban J connectivity index is 2.30. The Kier molecular flexibility index (Phi) is 4.27. The van der Waals surface area contributed by atoms with Gasteiger partial charge >= 0.3 is 6.03 Å². The molecule has 1 aliphatic heterocycles. The van der Waals surface area contributed by atoms with Crippen molar-refractivity contribution in [3.63, 3.8) is 0 Å². The molecule has 1 saturated heterocycles. The van der Waals surface area contributed by atoms with Crippen LogP contribution in [0.5, 0.6) is 0 Å². The van der Waals surface area contributed by atoms with Crippen LogP contribution in [0.4, 0.5) is 10.7 Å². The van der Waals surface area contributed by atoms with Crippen LogP contribution in [0.15, 0.2) is 23.2 Å². The molecule has 0 bridgehead atoms. The highest BCUT2D eigenvalue weighted by molar-refractivity contribution is 6.18. The van der Waals surface area contributed by atoms with E-state index < -0.39 is 23.9 Å². The van der Waals surface area contributed by atoms with E-state index in [4.69, 9.17) is 16.1 Å². The van der Waals surface area contributed by atoms with Gasteiger partial charge in [0.1, 0.15) is 0 Å². The Bertz CT molecular complexity index is 545. The number of alkyl halides is 1. The molecular weight excluding hydrogens is 298 g/mol. The molecule has 21 heavy (non-hydrogen) atoms. The van der Waals surface area contributed by atoms with E-state index in [2.05, 4.69) is 11.7 Å². The third-order valence-electron chi connectivity index (χ3n) is 3.39. The summed E-state index contributed by atoms with van der Waals surface area (Å²) in [5, 5.41) is 23.8. The van der Waals surface area contributed by atoms with Crippen molar-refractivity contribution in [2.45, 2.75) is 31.7 Å². The maximum atomic E-state index is 12.2. The van der Waals surface area contributed by atoms with Crippen molar-refractivity contribution in [2.75, 3.05) is 17.3 Å². The van der Waals surface area contributed by atoms with Gasteiger partial charge in [-0.05, 0) is 0 Å². The molecule has 2 amide bonds. The number of amides is 2. The summed E-state index contributed by atoms with van der Waals surface area (Å²) in [7, 11) is 0. The molecule has 2 N–H and O–H groups in total. The van der Waals surface area contributed by atoms with E-state index in [0.717, 1.165) is 9.80 Å². The van der Waals surface area contributed by atoms with E-state index in [1.54, 1.807) is 0 Å². The summed E-state index contributed by atoms with van der Waals surface area (Å²) in [6, 6.07) is 0.953. The minimum atomic E-state index is -1.43. The number of carbonyl (C=O) groups is 1. The van der Waals surface area contributed by atoms with Crippen LogP contribution in [0.1, 0.15) is 19.5 Å². The molecule has 2 heterocycles. The number of anilines is 1. The average Bonchev–Trinajstić information content (AvgIpc) is 3.00. The third kappa shape index (κ3) is 2.64. The Morgan fingerprint density at radius 1 is 1.52 bits per heavy atom. The Hall–Kier alpha value is -1.57. The summed E-state index contributed by atoms with van der Waals surface area (Å²) in [4.78, 5) is 14.2. The minimum absolute atomic E-state index is 0.0614. The number of hydrogen-bond acceptors (Lipinski definition) is 5. The lowest BCUT2D eigenvalue weighted by molar-refractivity contribution is -0.0242. The maximum Gasteiger partial charge on any atom is 0.331 e. The fourth-order valence-corrected chi connectivity index (χ4v) is 2.11. The zero-order chi connectivity index (χ0) is 15.8. The summed E-state index contributed by atoms with van der Waals surface area (Å²) in [5.74, 6) is 0.382. The predicted molar refractivity (Wildman–Crippen MR) is 77.0 cm³/mol. The number of rotatable bonds is 5. The van der Waals surface area contributed by atoms with Gasteiger partial charge in [0, 0.05) is 23.9 Å². The van der Waals surface area contributed by atoms with Crippen molar-refractivity contribution < 1.29 is 19.5 Å². The molecule has 1 fully saturated rings. The van der Waals surface area contributed by atoms with E-state index in [0.29, 0.717) is 11.6 Å². The first-order valence-electron chi connectivity index (χ1n) is 6.43. The second-order valence-corrected chi connectivity index (χ2v) is 5.76. The van der Waals surface area contributed by atoms with Crippen LogP contribution in [-0.4, -0.2) is 51.2 Å². The van der Waals surface area contributed by atoms with Gasteiger partial charge in [-0.3, -0.25) is 4.90 Å². The van der Waals surface area contributed by atoms with Crippen molar-refractivity contribution in [1.29, 1.82) is 0 Å². The van der Waals surface area contributed by atoms with Gasteiger partial charge in [-0.2, -0.15) is 0 Å². The quantitative estimate of drug-likeness (QED) is 0.630. The molecule has 2 atom stereocenters. The molecule has 0 aromatic carbocycles. The van der Waals surface area contributed by atoms with E-state index in [9.17, 15) is 15.0 Å². The van der Waals surface area contributed by atoms with Crippen molar-refractivity contribution in [3.8, 4) is 0 Å². The minimum Gasteiger partial charge on any atom is -0.369 e. The van der Waals surface area contributed by atoms with Crippen molar-refractivity contribution in [1.82, 2.24) is 10.1 Å². The zero-order valence-electron chi connectivity index (χ0n) is 11.9. The number of aromatic nitrogens is 1. The molecule has 8 heteroatoms. The van der Waals surface area contributed by atoms with Crippen LogP contribution >= 0.6 is 11.6 Å². The fraction of sp³-hybridized carbons (Fsp3) is 0.538. The summed E-state index contributed by atoms with van der Waals surface area (Å²) >= 11 is 5.87. The number of carbonyl (C=O) groups excluding carboxylic acids is 1. The standard InChI is InChI=1S/C13H18ClN3O4/c1-4-5-16-10(18)11(19)17(12(16)20)9-6-8(15-21-9)13(2,3)7-14/h4,6,10-11,18-19H,1,5,7H2,2-3H3. The number of hydrogen-bond donors (Lipinski definition) is 2. The molecule has 1 aliphatic rings. The molecule has 0 spiro atoms. The first kappa shape index (κ1) is 15.8. The zero-order valence-corrected chi connectivity index (χ0v) is 12.6. The van der Waals surface area contributed by atoms with Crippen molar-refractivity contribution in [3.05, 3.63) is 24.4 Å². The molecule has 0 radical (unpaired) electrons. The lowest BCUT2D eigenvalue weighted by Crippen LogP contribution is -2.37. The second kappa shape index (κ2) is 5.67. The number of aliphatic hydroxyl groups is 2. The van der Waals surface area contributed by atoms with E-state index in [-0.39, 0.29) is 12.4 Å². The SMILES string of the molecule is C=CCN1C(=O)N(c2cc(C(C)(C)CCl)no2)C(O)C1O. The van der Waals surface area contributed by atoms with Crippen LogP contribution in [0, 0.1) is 0 Å². The van der Waals surface area contributed by atoms with Crippen LogP contribution in [0.2, 0.25) is 0 Å². The molecule has 1 aromatic rings. The summed E-state index contributed by atoms with van der Waals surface area (Å²) in [6.07, 6.45) is -1.33. The molecule has 0 saturated carbocycles. The Labute approximate surface area is 127 Å². The van der Waals surface area contributed by atoms with Gasteiger partial charge in [-0.15, -0.1) is 18.2 Å². The molecule has 0 aliphatic carbocycles. The lowest BCUT2D eigenvalue weighted by atomic mass is 9.92. The lowest BCUT2D eigenvalue weighted by Gasteiger charge is -2.17. The molecule has 2 rings (SSSR count). The Morgan fingerprint density at radius 3 is 2.76 bits per heavy atom. The smallest absolute Gasteiger partial charge is 0.331 e. The van der Waals surface area contributed by atoms with Gasteiger partial charge < -0.3 is 14.7 Å². The summed E-state index contributed by atoms with van der Waals surface area (Å²) < 4.78 is 5.13. The summed E-state index contributed by atoms with van der Waals surface area (Å²) in [5.41, 5.74) is 0.125. The number of urea groups is 1. The van der Waals surface area contributed by atoms with Gasteiger partial charge in [0.25, 0.3) is 0 Å². The van der Waals surface area contributed by atoms with E-state index in [1.807, 2.05) is 13.8 Å². The van der Waals surface area contributed by atoms with Crippen molar-refractivity contribution >= 4 is 23.5 Å². The topological polar surface area (TPSA) is 90.0 Å². The molecule has 116 valence electrons. The van der Waals surface area contributed by atoms with Crippen LogP contribution < -0.4 is 4.90 Å². The van der Waals surface area contributed by atoms with Gasteiger partial charge in [0.05, 0.1) is 5.69 Å². The normalized spacial score (nSPS) is 23.0. The summed E-state index contributed by atoms with van der Waals surface area (Å²) in [6.45, 7) is 7.38. The molecule has 7 nitrogen and oxygen atoms in total. The van der Waals surface area contributed by atoms with Crippen molar-refractivity contribution in [2.24, 2.45) is 0 Å². The number of aliphatic hydroxyl groups excluding tert-OH is 2. The monoisotopic (exact) mass is 315 g/mol. The molecule has 2 unspecified atom stereocenters. The van der Waals surface area contributed by atoms with E-state index >= 15 is 0 Å². The van der Waals surface area contributed by atoms with Gasteiger partial charge in [0.15, 0.2) is 12.5 Å². The molecule has 1 aromatic heterocycles. The predicted octanol–water partition coefficient (Wildman–Crippen LogP) is 1.26. The fourth-order valence-electron chi connectivity index (χ4n) is 1.98. The van der Waals surface area contributed by atoms with Crippen LogP contribution in [-0.2, 0) is 5.41 Å². The number of halogens is 1. The van der Waals surface area contributed by atoms with E-state index in [1.165, 1.54) is 12.1 Å². The largest absolute Gasteiger partial charge is 0.369 e. The van der Waals surface area contributed by atoms with Gasteiger partial charge in [0.2, 0.25) is 5.88 Å². The number of nitrogens with zero attached hydrogens (tertiary/aromatic N) is 3. The average molecular weight is 316 g/mol. The first-order chi connectivity index (χ1) is 9.83. The van der Waals surface area contributed by atoms with Gasteiger partial charge in [-0.1, -0.05) is 25.1 Å². The Morgan fingerprint density at radius 2 is 2.19 bits per heavy atom. The van der Waals surface area contributed by atoms with Gasteiger partial charge in [-0.25, -0.2) is 9.69 Å². The third-order valence-corrected chi connectivity index (χ3v) is 4.06. The molecular formula is C13H18ClN3O4. The highest BCUT2D eigenvalue weighted by atomic mass is 35.5. The first-order valence-corrected chi connectivity index (χ1v) is 6.97. The van der Waals surface area contributed by atoms with Crippen LogP contribution in [0.3, 0.4) is 0 Å². The maximum absolute atomic E-state index is 12.2.